The molecular formula is C36H26F3N3O3S2. The predicted octanol–water partition coefficient (Wildman–Crippen LogP) is 9.39. The Morgan fingerprint density at radius 3 is 2.38 bits per heavy atom. The normalized spacial score (nSPS) is 12.0. The van der Waals surface area contributed by atoms with E-state index < -0.39 is 17.0 Å². The third-order valence-corrected chi connectivity index (χ3v) is 8.95. The van der Waals surface area contributed by atoms with Crippen LogP contribution in [0.1, 0.15) is 33.3 Å². The number of carbonyl (C=O) groups is 2. The molecule has 1 N–H and O–H groups in total. The lowest BCUT2D eigenvalue weighted by Gasteiger charge is -2.16. The van der Waals surface area contributed by atoms with E-state index in [0.29, 0.717) is 39.4 Å². The van der Waals surface area contributed by atoms with Gasteiger partial charge in [0.1, 0.15) is 16.8 Å². The highest BCUT2D eigenvalue weighted by Crippen LogP contribution is 2.38. The van der Waals surface area contributed by atoms with Gasteiger partial charge in [0.25, 0.3) is 0 Å². The Hall–Kier alpha value is -5.18. The number of hydrogen-bond acceptors (Lipinski definition) is 7. The van der Waals surface area contributed by atoms with Gasteiger partial charge in [-0.15, -0.1) is 11.3 Å². The van der Waals surface area contributed by atoms with Crippen LogP contribution in [0.15, 0.2) is 107 Å². The number of methoxy groups -OCH3 is 1. The Morgan fingerprint density at radius 2 is 1.74 bits per heavy atom. The van der Waals surface area contributed by atoms with Crippen molar-refractivity contribution in [1.29, 1.82) is 5.26 Å². The Balaban J connectivity index is 1.40. The van der Waals surface area contributed by atoms with Crippen LogP contribution < -0.4 is 10.1 Å². The van der Waals surface area contributed by atoms with Gasteiger partial charge in [-0.05, 0) is 90.7 Å². The van der Waals surface area contributed by atoms with E-state index in [4.69, 9.17) is 9.72 Å². The fraction of sp³-hybridized carbons (Fsp3) is 0.111. The minimum Gasteiger partial charge on any atom is -0.497 e. The lowest BCUT2D eigenvalue weighted by molar-refractivity contribution is -0.137. The number of ether oxygens (including phenoxy) is 1. The molecule has 0 aliphatic heterocycles. The SMILES string of the molecule is COc1cccc(-c2cc(-c3ccc(C(F)(F)F)cc3)c(C#N)c(SC(C)C(=O)Nc3ccc(C(=O)/C=C/c4cccs4)cc3)n2)c1. The van der Waals surface area contributed by atoms with E-state index in [1.54, 1.807) is 67.6 Å². The van der Waals surface area contributed by atoms with E-state index in [0.717, 1.165) is 28.8 Å². The molecule has 0 bridgehead atoms. The first-order chi connectivity index (χ1) is 22.5. The number of ketones is 1. The molecule has 0 aliphatic carbocycles. The third-order valence-electron chi connectivity index (χ3n) is 7.02. The number of alkyl halides is 3. The summed E-state index contributed by atoms with van der Waals surface area (Å²) in [5.41, 5.74) is 2.12. The standard InChI is InChI=1S/C36H26F3N3O3S2/c1-22(34(44)41-27-14-10-24(11-15-27)33(43)17-16-29-7-4-18-46-29)47-35-31(21-40)30(23-8-12-26(13-9-23)36(37,38)39)20-32(42-35)25-5-3-6-28(19-25)45-2/h3-20,22H,1-2H3,(H,41,44)/b17-16+. The van der Waals surface area contributed by atoms with Crippen molar-refractivity contribution < 1.29 is 27.5 Å². The van der Waals surface area contributed by atoms with Crippen LogP contribution in [-0.4, -0.2) is 29.0 Å². The lowest BCUT2D eigenvalue weighted by Crippen LogP contribution is -2.22. The molecule has 1 atom stereocenters. The number of nitrogens with one attached hydrogen (secondary N) is 1. The zero-order valence-electron chi connectivity index (χ0n) is 25.0. The van der Waals surface area contributed by atoms with Gasteiger partial charge in [-0.25, -0.2) is 4.98 Å². The Kier molecular flexibility index (Phi) is 10.2. The molecule has 1 amide bonds. The van der Waals surface area contributed by atoms with Gasteiger partial charge in [-0.3, -0.25) is 9.59 Å². The minimum atomic E-state index is -4.51. The van der Waals surface area contributed by atoms with Crippen LogP contribution in [0.25, 0.3) is 28.5 Å². The van der Waals surface area contributed by atoms with E-state index in [-0.39, 0.29) is 22.3 Å². The number of nitriles is 1. The van der Waals surface area contributed by atoms with Crippen LogP contribution in [0.3, 0.4) is 0 Å². The minimum absolute atomic E-state index is 0.125. The Morgan fingerprint density at radius 1 is 1.00 bits per heavy atom. The summed E-state index contributed by atoms with van der Waals surface area (Å²) in [5.74, 6) is 0.0215. The number of thioether (sulfide) groups is 1. The number of halogens is 3. The Labute approximate surface area is 277 Å². The molecule has 3 aromatic carbocycles. The molecule has 0 saturated carbocycles. The fourth-order valence-corrected chi connectivity index (χ4v) is 6.08. The molecule has 6 nitrogen and oxygen atoms in total. The zero-order valence-corrected chi connectivity index (χ0v) is 26.7. The Bertz CT molecular complexity index is 1970. The molecule has 11 heteroatoms. The predicted molar refractivity (Wildman–Crippen MR) is 179 cm³/mol. The number of pyridine rings is 1. The first-order valence-corrected chi connectivity index (χ1v) is 15.9. The molecule has 47 heavy (non-hydrogen) atoms. The number of rotatable bonds is 10. The molecule has 1 unspecified atom stereocenters. The quantitative estimate of drug-likeness (QED) is 0.0905. The van der Waals surface area contributed by atoms with Gasteiger partial charge in [0.15, 0.2) is 5.78 Å². The second-order valence-electron chi connectivity index (χ2n) is 10.2. The average molecular weight is 670 g/mol. The van der Waals surface area contributed by atoms with E-state index in [1.807, 2.05) is 17.5 Å². The third kappa shape index (κ3) is 8.16. The number of nitrogens with zero attached hydrogens (tertiary/aromatic N) is 2. The maximum atomic E-state index is 13.3. The molecule has 5 rings (SSSR count). The number of carbonyl (C=O) groups excluding carboxylic acids is 2. The van der Waals surface area contributed by atoms with Gasteiger partial charge < -0.3 is 10.1 Å². The first kappa shape index (κ1) is 33.2. The fourth-order valence-electron chi connectivity index (χ4n) is 4.53. The molecular weight excluding hydrogens is 644 g/mol. The van der Waals surface area contributed by atoms with Gasteiger partial charge >= 0.3 is 6.18 Å². The van der Waals surface area contributed by atoms with Crippen molar-refractivity contribution >= 4 is 46.6 Å². The number of hydrogen-bond donors (Lipinski definition) is 1. The highest BCUT2D eigenvalue weighted by Gasteiger charge is 2.30. The van der Waals surface area contributed by atoms with Crippen LogP contribution in [0.5, 0.6) is 5.75 Å². The summed E-state index contributed by atoms with van der Waals surface area (Å²) < 4.78 is 45.1. The molecule has 0 aliphatic rings. The lowest BCUT2D eigenvalue weighted by atomic mass is 9.98. The van der Waals surface area contributed by atoms with Gasteiger partial charge in [0, 0.05) is 27.3 Å². The van der Waals surface area contributed by atoms with Gasteiger partial charge in [-0.1, -0.05) is 42.1 Å². The van der Waals surface area contributed by atoms with E-state index in [2.05, 4.69) is 11.4 Å². The van der Waals surface area contributed by atoms with Crippen molar-refractivity contribution in [2.45, 2.75) is 23.4 Å². The van der Waals surface area contributed by atoms with Crippen LogP contribution in [0, 0.1) is 11.3 Å². The maximum Gasteiger partial charge on any atom is 0.416 e. The molecule has 2 aromatic heterocycles. The molecule has 0 saturated heterocycles. The van der Waals surface area contributed by atoms with E-state index in [9.17, 15) is 28.0 Å². The molecule has 5 aromatic rings. The first-order valence-electron chi connectivity index (χ1n) is 14.2. The van der Waals surface area contributed by atoms with Crippen molar-refractivity contribution in [2.75, 3.05) is 12.4 Å². The largest absolute Gasteiger partial charge is 0.497 e. The summed E-state index contributed by atoms with van der Waals surface area (Å²) >= 11 is 2.57. The summed E-state index contributed by atoms with van der Waals surface area (Å²) in [6.45, 7) is 1.66. The number of allylic oxidation sites excluding steroid dienone is 1. The van der Waals surface area contributed by atoms with Crippen molar-refractivity contribution in [3.63, 3.8) is 0 Å². The van der Waals surface area contributed by atoms with Crippen LogP contribution >= 0.6 is 23.1 Å². The van der Waals surface area contributed by atoms with Crippen LogP contribution in [-0.2, 0) is 11.0 Å². The highest BCUT2D eigenvalue weighted by molar-refractivity contribution is 8.00. The monoisotopic (exact) mass is 669 g/mol. The summed E-state index contributed by atoms with van der Waals surface area (Å²) in [7, 11) is 1.52. The topological polar surface area (TPSA) is 92.1 Å². The highest BCUT2D eigenvalue weighted by atomic mass is 32.2. The summed E-state index contributed by atoms with van der Waals surface area (Å²) in [6.07, 6.45) is -1.27. The smallest absolute Gasteiger partial charge is 0.416 e. The average Bonchev–Trinajstić information content (AvgIpc) is 3.60. The van der Waals surface area contributed by atoms with Crippen molar-refractivity contribution in [3.8, 4) is 34.2 Å². The number of aromatic nitrogens is 1. The van der Waals surface area contributed by atoms with Crippen molar-refractivity contribution in [2.24, 2.45) is 0 Å². The van der Waals surface area contributed by atoms with Crippen LogP contribution in [0.2, 0.25) is 0 Å². The number of thiophene rings is 1. The van der Waals surface area contributed by atoms with Gasteiger partial charge in [-0.2, -0.15) is 18.4 Å². The number of anilines is 1. The molecule has 0 radical (unpaired) electrons. The van der Waals surface area contributed by atoms with Gasteiger partial charge in [0.05, 0.1) is 29.2 Å². The molecule has 2 heterocycles. The van der Waals surface area contributed by atoms with E-state index in [1.165, 1.54) is 36.7 Å². The second kappa shape index (κ2) is 14.5. The summed E-state index contributed by atoms with van der Waals surface area (Å²) in [6, 6.07) is 25.7. The second-order valence-corrected chi connectivity index (χ2v) is 12.5. The number of amides is 1. The van der Waals surface area contributed by atoms with Crippen molar-refractivity contribution in [1.82, 2.24) is 4.98 Å². The molecule has 0 fully saturated rings. The van der Waals surface area contributed by atoms with E-state index >= 15 is 0 Å². The molecule has 0 spiro atoms. The number of benzene rings is 3. The summed E-state index contributed by atoms with van der Waals surface area (Å²) in [5, 5.41) is 14.5. The van der Waals surface area contributed by atoms with Crippen molar-refractivity contribution in [3.05, 3.63) is 124 Å². The molecule has 236 valence electrons. The van der Waals surface area contributed by atoms with Gasteiger partial charge in [0.2, 0.25) is 5.91 Å². The maximum absolute atomic E-state index is 13.3. The zero-order chi connectivity index (χ0) is 33.6. The summed E-state index contributed by atoms with van der Waals surface area (Å²) in [4.78, 5) is 31.5. The van der Waals surface area contributed by atoms with Crippen LogP contribution in [0.4, 0.5) is 18.9 Å².